The first-order valence-corrected chi connectivity index (χ1v) is 7.34. The van der Waals surface area contributed by atoms with Gasteiger partial charge in [-0.3, -0.25) is 0 Å². The molecule has 0 aliphatic rings. The molecule has 0 aliphatic carbocycles. The lowest BCUT2D eigenvalue weighted by Crippen LogP contribution is -1.99. The van der Waals surface area contributed by atoms with E-state index in [1.807, 2.05) is 0 Å². The van der Waals surface area contributed by atoms with Crippen LogP contribution in [0.15, 0.2) is 42.5 Å². The largest absolute Gasteiger partial charge is 0.0613 e. The summed E-state index contributed by atoms with van der Waals surface area (Å²) in [7, 11) is 0. The van der Waals surface area contributed by atoms with Gasteiger partial charge >= 0.3 is 0 Å². The summed E-state index contributed by atoms with van der Waals surface area (Å²) in [5.74, 6) is 0.469. The maximum absolute atomic E-state index is 2.39. The van der Waals surface area contributed by atoms with Gasteiger partial charge in [0.15, 0.2) is 0 Å². The molecule has 2 aromatic rings. The van der Waals surface area contributed by atoms with Crippen LogP contribution in [0.2, 0.25) is 0 Å². The van der Waals surface area contributed by atoms with Gasteiger partial charge in [0.25, 0.3) is 0 Å². The highest BCUT2D eigenvalue weighted by molar-refractivity contribution is 5.38. The topological polar surface area (TPSA) is 0 Å². The van der Waals surface area contributed by atoms with E-state index in [1.54, 1.807) is 0 Å². The molecule has 100 valence electrons. The van der Waals surface area contributed by atoms with Gasteiger partial charge in [-0.2, -0.15) is 0 Å². The first-order chi connectivity index (χ1) is 9.15. The predicted octanol–water partition coefficient (Wildman–Crippen LogP) is 5.27. The van der Waals surface area contributed by atoms with Gasteiger partial charge in [-0.05, 0) is 42.0 Å². The van der Waals surface area contributed by atoms with E-state index in [0.29, 0.717) is 5.92 Å². The van der Waals surface area contributed by atoms with Crippen LogP contribution in [0.25, 0.3) is 0 Å². The predicted molar refractivity (Wildman–Crippen MR) is 83.9 cm³/mol. The van der Waals surface area contributed by atoms with Crippen LogP contribution in [-0.4, -0.2) is 0 Å². The lowest BCUT2D eigenvalue weighted by atomic mass is 9.89. The van der Waals surface area contributed by atoms with Gasteiger partial charge in [0.2, 0.25) is 0 Å². The van der Waals surface area contributed by atoms with Crippen LogP contribution < -0.4 is 0 Å². The average Bonchev–Trinajstić information content (AvgIpc) is 2.46. The van der Waals surface area contributed by atoms with Crippen LogP contribution in [0.4, 0.5) is 0 Å². The van der Waals surface area contributed by atoms with Gasteiger partial charge in [0.1, 0.15) is 0 Å². The van der Waals surface area contributed by atoms with Crippen molar-refractivity contribution in [1.82, 2.24) is 0 Å². The van der Waals surface area contributed by atoms with Crippen molar-refractivity contribution in [2.75, 3.05) is 0 Å². The molecule has 0 nitrogen and oxygen atoms in total. The Morgan fingerprint density at radius 2 is 1.37 bits per heavy atom. The molecular formula is C19H24. The van der Waals surface area contributed by atoms with Gasteiger partial charge in [-0.25, -0.2) is 0 Å². The van der Waals surface area contributed by atoms with Crippen molar-refractivity contribution in [2.45, 2.75) is 46.5 Å². The SMILES string of the molecule is CCc1ccc(C(C)c2ccc(C)cc2)cc1CC. The van der Waals surface area contributed by atoms with Crippen molar-refractivity contribution in [3.05, 3.63) is 70.3 Å². The monoisotopic (exact) mass is 252 g/mol. The van der Waals surface area contributed by atoms with Crippen LogP contribution in [0.3, 0.4) is 0 Å². The first kappa shape index (κ1) is 13.9. The highest BCUT2D eigenvalue weighted by Gasteiger charge is 2.10. The van der Waals surface area contributed by atoms with E-state index in [-0.39, 0.29) is 0 Å². The maximum atomic E-state index is 2.39. The Kier molecular flexibility index (Phi) is 4.42. The molecule has 0 spiro atoms. The van der Waals surface area contributed by atoms with E-state index in [2.05, 4.69) is 70.2 Å². The number of benzene rings is 2. The van der Waals surface area contributed by atoms with Gasteiger partial charge in [0.05, 0.1) is 0 Å². The summed E-state index contributed by atoms with van der Waals surface area (Å²) in [5.41, 5.74) is 7.14. The molecule has 0 bridgehead atoms. The number of hydrogen-bond acceptors (Lipinski definition) is 0. The summed E-state index contributed by atoms with van der Waals surface area (Å²) in [4.78, 5) is 0. The van der Waals surface area contributed by atoms with Crippen LogP contribution in [0.1, 0.15) is 54.5 Å². The minimum Gasteiger partial charge on any atom is -0.0613 e. The quantitative estimate of drug-likeness (QED) is 0.695. The van der Waals surface area contributed by atoms with Crippen molar-refractivity contribution < 1.29 is 0 Å². The number of aryl methyl sites for hydroxylation is 3. The van der Waals surface area contributed by atoms with E-state index < -0.39 is 0 Å². The second-order valence-corrected chi connectivity index (χ2v) is 5.37. The maximum Gasteiger partial charge on any atom is 0.00611 e. The van der Waals surface area contributed by atoms with Crippen molar-refractivity contribution in [3.8, 4) is 0 Å². The fourth-order valence-corrected chi connectivity index (χ4v) is 2.64. The second-order valence-electron chi connectivity index (χ2n) is 5.37. The third kappa shape index (κ3) is 3.07. The molecule has 0 N–H and O–H groups in total. The Bertz CT molecular complexity index is 534. The van der Waals surface area contributed by atoms with E-state index >= 15 is 0 Å². The Morgan fingerprint density at radius 3 is 1.95 bits per heavy atom. The molecule has 0 saturated carbocycles. The zero-order valence-corrected chi connectivity index (χ0v) is 12.5. The molecule has 0 aromatic heterocycles. The van der Waals surface area contributed by atoms with Crippen LogP contribution in [0, 0.1) is 6.92 Å². The third-order valence-electron chi connectivity index (χ3n) is 4.07. The molecule has 0 amide bonds. The normalized spacial score (nSPS) is 12.4. The fraction of sp³-hybridized carbons (Fsp3) is 0.368. The molecule has 2 aromatic carbocycles. The Hall–Kier alpha value is -1.56. The van der Waals surface area contributed by atoms with Crippen molar-refractivity contribution in [3.63, 3.8) is 0 Å². The molecule has 0 radical (unpaired) electrons. The van der Waals surface area contributed by atoms with E-state index in [1.165, 1.54) is 27.8 Å². The molecule has 1 atom stereocenters. The minimum absolute atomic E-state index is 0.469. The molecule has 2 rings (SSSR count). The summed E-state index contributed by atoms with van der Waals surface area (Å²) in [6, 6.07) is 15.9. The van der Waals surface area contributed by atoms with Crippen molar-refractivity contribution in [2.24, 2.45) is 0 Å². The third-order valence-corrected chi connectivity index (χ3v) is 4.07. The van der Waals surface area contributed by atoms with Gasteiger partial charge in [-0.15, -0.1) is 0 Å². The van der Waals surface area contributed by atoms with Crippen molar-refractivity contribution >= 4 is 0 Å². The summed E-state index contributed by atoms with van der Waals surface area (Å²) in [5, 5.41) is 0. The Labute approximate surface area is 117 Å². The number of hydrogen-bond donors (Lipinski definition) is 0. The smallest absolute Gasteiger partial charge is 0.00611 e. The molecule has 0 aliphatic heterocycles. The molecule has 0 saturated heterocycles. The lowest BCUT2D eigenvalue weighted by Gasteiger charge is -2.16. The minimum atomic E-state index is 0.469. The van der Waals surface area contributed by atoms with Gasteiger partial charge in [-0.1, -0.05) is 68.8 Å². The molecule has 19 heavy (non-hydrogen) atoms. The van der Waals surface area contributed by atoms with Crippen LogP contribution in [-0.2, 0) is 12.8 Å². The van der Waals surface area contributed by atoms with Gasteiger partial charge < -0.3 is 0 Å². The highest BCUT2D eigenvalue weighted by atomic mass is 14.1. The highest BCUT2D eigenvalue weighted by Crippen LogP contribution is 2.26. The second kappa shape index (κ2) is 6.06. The fourth-order valence-electron chi connectivity index (χ4n) is 2.64. The summed E-state index contributed by atoms with van der Waals surface area (Å²) >= 11 is 0. The van der Waals surface area contributed by atoms with Crippen LogP contribution >= 0.6 is 0 Å². The first-order valence-electron chi connectivity index (χ1n) is 7.34. The van der Waals surface area contributed by atoms with Crippen LogP contribution in [0.5, 0.6) is 0 Å². The molecule has 0 fully saturated rings. The molecular weight excluding hydrogens is 228 g/mol. The Morgan fingerprint density at radius 1 is 0.789 bits per heavy atom. The molecule has 1 unspecified atom stereocenters. The standard InChI is InChI=1S/C19H24/c1-5-16-11-12-19(13-17(16)6-2)15(4)18-9-7-14(3)8-10-18/h7-13,15H,5-6H2,1-4H3. The Balaban J connectivity index is 2.33. The van der Waals surface area contributed by atoms with E-state index in [9.17, 15) is 0 Å². The lowest BCUT2D eigenvalue weighted by molar-refractivity contribution is 0.908. The zero-order valence-electron chi connectivity index (χ0n) is 12.5. The summed E-state index contributed by atoms with van der Waals surface area (Å²) < 4.78 is 0. The van der Waals surface area contributed by atoms with E-state index in [4.69, 9.17) is 0 Å². The van der Waals surface area contributed by atoms with E-state index in [0.717, 1.165) is 12.8 Å². The number of rotatable bonds is 4. The van der Waals surface area contributed by atoms with Crippen molar-refractivity contribution in [1.29, 1.82) is 0 Å². The zero-order chi connectivity index (χ0) is 13.8. The molecule has 0 heteroatoms. The van der Waals surface area contributed by atoms with Gasteiger partial charge in [0, 0.05) is 5.92 Å². The average molecular weight is 252 g/mol. The summed E-state index contributed by atoms with van der Waals surface area (Å²) in [6.07, 6.45) is 2.25. The molecule has 0 heterocycles. The summed E-state index contributed by atoms with van der Waals surface area (Å²) in [6.45, 7) is 8.91.